The predicted molar refractivity (Wildman–Crippen MR) is 426 cm³/mol. The summed E-state index contributed by atoms with van der Waals surface area (Å²) in [5.41, 5.74) is 0. The molecule has 0 aromatic carbocycles. The zero-order chi connectivity index (χ0) is 77.0. The van der Waals surface area contributed by atoms with Crippen molar-refractivity contribution in [3.05, 3.63) is 48.6 Å². The molecule has 1 saturated heterocycles. The number of unbranched alkanes of at least 4 members (excludes halogenated alkanes) is 53. The Morgan fingerprint density at radius 1 is 0.221 bits per heavy atom. The highest BCUT2D eigenvalue weighted by Gasteiger charge is 2.36. The zero-order valence-corrected chi connectivity index (χ0v) is 67.7. The van der Waals surface area contributed by atoms with Gasteiger partial charge in [-0.2, -0.15) is 0 Å². The van der Waals surface area contributed by atoms with Gasteiger partial charge < -0.3 is 69.6 Å². The summed E-state index contributed by atoms with van der Waals surface area (Å²) in [4.78, 5) is 51.1. The van der Waals surface area contributed by atoms with Gasteiger partial charge in [0.25, 0.3) is 0 Å². The molecular formula is C90H165O14-5. The summed E-state index contributed by atoms with van der Waals surface area (Å²) < 4.78 is 5.70. The highest BCUT2D eigenvalue weighted by molar-refractivity contribution is 5.65. The molecule has 14 nitrogen and oxygen atoms in total. The largest absolute Gasteiger partial charge is 0.550 e. The minimum Gasteiger partial charge on any atom is -0.550 e. The smallest absolute Gasteiger partial charge is 0.0841 e. The second-order valence-electron chi connectivity index (χ2n) is 29.5. The molecule has 1 heterocycles. The van der Waals surface area contributed by atoms with Gasteiger partial charge in [-0.15, -0.1) is 0 Å². The first-order valence-corrected chi connectivity index (χ1v) is 43.9. The molecule has 1 aliphatic rings. The minimum absolute atomic E-state index is 0.202. The maximum Gasteiger partial charge on any atom is 0.0841 e. The molecule has 2 atom stereocenters. The Morgan fingerprint density at radius 2 is 0.365 bits per heavy atom. The van der Waals surface area contributed by atoms with E-state index < -0.39 is 29.8 Å². The van der Waals surface area contributed by atoms with Crippen LogP contribution in [0.2, 0.25) is 0 Å². The van der Waals surface area contributed by atoms with Crippen molar-refractivity contribution in [2.45, 2.75) is 476 Å². The Hall–Kier alpha value is -3.85. The third-order valence-electron chi connectivity index (χ3n) is 19.1. The van der Waals surface area contributed by atoms with E-state index in [2.05, 4.69) is 62.5 Å². The van der Waals surface area contributed by atoms with Crippen LogP contribution in [0.3, 0.4) is 0 Å². The summed E-state index contributed by atoms with van der Waals surface area (Å²) in [7, 11) is 0. The Labute approximate surface area is 640 Å². The van der Waals surface area contributed by atoms with Crippen LogP contribution in [0.25, 0.3) is 0 Å². The van der Waals surface area contributed by atoms with E-state index in [0.29, 0.717) is 32.0 Å². The summed E-state index contributed by atoms with van der Waals surface area (Å²) in [5, 5.41) is 77.1. The van der Waals surface area contributed by atoms with Gasteiger partial charge in [-0.3, -0.25) is 0 Å². The highest BCUT2D eigenvalue weighted by atomic mass is 16.6. The van der Waals surface area contributed by atoms with Crippen molar-refractivity contribution in [1.29, 1.82) is 0 Å². The maximum absolute atomic E-state index is 10.3. The van der Waals surface area contributed by atoms with Crippen LogP contribution in [-0.2, 0) is 28.7 Å². The van der Waals surface area contributed by atoms with Gasteiger partial charge in [0.05, 0.1) is 12.2 Å². The molecule has 0 amide bonds. The number of hydrogen-bond acceptors (Lipinski definition) is 14. The molecule has 0 spiro atoms. The molecule has 3 N–H and O–H groups in total. The Kier molecular flexibility index (Phi) is 99.5. The monoisotopic (exact) mass is 1470 g/mol. The van der Waals surface area contributed by atoms with E-state index in [9.17, 15) is 49.5 Å². The molecule has 0 saturated carbocycles. The fraction of sp³-hybridized carbons (Fsp3) is 0.856. The number of hydrogen-bond donors (Lipinski definition) is 3. The normalized spacial score (nSPS) is 13.2. The van der Waals surface area contributed by atoms with Gasteiger partial charge in [-0.25, -0.2) is 0 Å². The molecular weight excluding hydrogens is 1300 g/mol. The van der Waals surface area contributed by atoms with Gasteiger partial charge in [-0.05, 0) is 199 Å². The predicted octanol–water partition coefficient (Wildman–Crippen LogP) is 20.0. The second-order valence-corrected chi connectivity index (χ2v) is 29.5. The SMILES string of the molecule is CCCCCCCC/C=C/CCCCCCCC(=O)[O-].CCCCCCCC/C=C\CCCCCCCC(=O)[O-].O=C([O-])CCCCCCC/C=C/CCCCCCCCO.O=C([O-])CCCCCCC/C=C\CCCCCCCCO.O=C([O-])CCCCCCCC1OC1CCCCCCCCO. The number of carbonyl (C=O) groups is 5. The van der Waals surface area contributed by atoms with Crippen molar-refractivity contribution in [3.8, 4) is 0 Å². The number of aliphatic hydroxyl groups excluding tert-OH is 3. The van der Waals surface area contributed by atoms with E-state index >= 15 is 0 Å². The Bertz CT molecular complexity index is 1750. The van der Waals surface area contributed by atoms with Crippen LogP contribution < -0.4 is 25.5 Å². The summed E-state index contributed by atoms with van der Waals surface area (Å²) in [5.74, 6) is -4.61. The number of epoxide rings is 1. The van der Waals surface area contributed by atoms with Gasteiger partial charge >= 0.3 is 0 Å². The van der Waals surface area contributed by atoms with Crippen molar-refractivity contribution in [2.75, 3.05) is 19.8 Å². The highest BCUT2D eigenvalue weighted by Crippen LogP contribution is 2.32. The maximum atomic E-state index is 10.3. The number of aliphatic hydroxyl groups is 3. The summed E-state index contributed by atoms with van der Waals surface area (Å²) in [6.45, 7) is 5.51. The number of rotatable bonds is 78. The molecule has 1 aliphatic heterocycles. The molecule has 614 valence electrons. The number of carbonyl (C=O) groups excluding carboxylic acids is 5. The number of aliphatic carboxylic acids is 5. The van der Waals surface area contributed by atoms with Crippen molar-refractivity contribution in [2.24, 2.45) is 0 Å². The fourth-order valence-corrected chi connectivity index (χ4v) is 12.4. The van der Waals surface area contributed by atoms with Crippen LogP contribution in [0.15, 0.2) is 48.6 Å². The van der Waals surface area contributed by atoms with Crippen molar-refractivity contribution >= 4 is 29.8 Å². The molecule has 0 radical (unpaired) electrons. The first-order valence-electron chi connectivity index (χ1n) is 43.9. The zero-order valence-electron chi connectivity index (χ0n) is 67.7. The number of ether oxygens (including phenoxy) is 1. The van der Waals surface area contributed by atoms with E-state index in [1.165, 1.54) is 270 Å². The fourth-order valence-electron chi connectivity index (χ4n) is 12.4. The van der Waals surface area contributed by atoms with Crippen molar-refractivity contribution in [3.63, 3.8) is 0 Å². The number of carboxylic acid groups (broad SMARTS) is 5. The molecule has 1 fully saturated rings. The molecule has 2 unspecified atom stereocenters. The molecule has 14 heteroatoms. The number of carboxylic acids is 5. The van der Waals surface area contributed by atoms with Crippen LogP contribution in [-0.4, -0.2) is 77.2 Å². The van der Waals surface area contributed by atoms with E-state index in [1.807, 2.05) is 0 Å². The topological polar surface area (TPSA) is 274 Å². The van der Waals surface area contributed by atoms with E-state index in [4.69, 9.17) is 20.1 Å². The van der Waals surface area contributed by atoms with Gasteiger partial charge in [-0.1, -0.05) is 313 Å². The average molecular weight is 1470 g/mol. The van der Waals surface area contributed by atoms with Crippen LogP contribution in [0.1, 0.15) is 463 Å². The lowest BCUT2D eigenvalue weighted by Gasteiger charge is -2.02. The standard InChI is InChI=1S/C18H34O4.2C18H34O3.2C18H34O2/c19-15-11-7-2-1-4-8-12-16-17(22-16)13-9-5-3-6-10-14-18(20)21;2*19-17-15-13-11-9-7-5-3-1-2-4-6-8-10-12-14-16-18(20)21;2*1-2-3-4-5-6-7-8-9-10-11-12-13-14-15-16-17-18(19)20/h16-17,19H,1-15H2,(H,20,21);2*1-2,19H,3-17H2,(H,20,21);2*9-10H,2-8,11-17H2,1H3,(H,19,20)/p-5/b;2-1+;2-1-;10-9+;10-9-. The Morgan fingerprint density at radius 3 is 0.529 bits per heavy atom. The minimum atomic E-state index is -0.928. The van der Waals surface area contributed by atoms with E-state index in [0.717, 1.165) is 148 Å². The first-order chi connectivity index (χ1) is 50.8. The Balaban J connectivity index is -0.000000601. The lowest BCUT2D eigenvalue weighted by molar-refractivity contribution is -0.307. The summed E-state index contributed by atoms with van der Waals surface area (Å²) >= 11 is 0. The van der Waals surface area contributed by atoms with Crippen molar-refractivity contribution < 1.29 is 69.6 Å². The third kappa shape index (κ3) is 111. The summed E-state index contributed by atoms with van der Waals surface area (Å²) in [6.07, 6.45) is 97.2. The first kappa shape index (κ1) is 106. The quantitative estimate of drug-likeness (QED) is 0.0290. The van der Waals surface area contributed by atoms with E-state index in [-0.39, 0.29) is 32.1 Å². The lowest BCUT2D eigenvalue weighted by Crippen LogP contribution is -2.21. The van der Waals surface area contributed by atoms with Crippen LogP contribution in [0.4, 0.5) is 0 Å². The summed E-state index contributed by atoms with van der Waals surface area (Å²) in [6, 6.07) is 0. The van der Waals surface area contributed by atoms with Gasteiger partial charge in [0, 0.05) is 49.7 Å². The average Bonchev–Trinajstić information content (AvgIpc) is 1.71. The molecule has 0 bridgehead atoms. The molecule has 0 aromatic heterocycles. The van der Waals surface area contributed by atoms with Crippen molar-refractivity contribution in [1.82, 2.24) is 0 Å². The van der Waals surface area contributed by atoms with E-state index in [1.54, 1.807) is 0 Å². The van der Waals surface area contributed by atoms with Gasteiger partial charge in [0.1, 0.15) is 0 Å². The van der Waals surface area contributed by atoms with Crippen LogP contribution >= 0.6 is 0 Å². The molecule has 0 aliphatic carbocycles. The number of allylic oxidation sites excluding steroid dienone is 8. The second kappa shape index (κ2) is 97.2. The lowest BCUT2D eigenvalue weighted by atomic mass is 10.0. The van der Waals surface area contributed by atoms with Gasteiger partial charge in [0.15, 0.2) is 0 Å². The molecule has 1 rings (SSSR count). The van der Waals surface area contributed by atoms with Crippen LogP contribution in [0.5, 0.6) is 0 Å². The van der Waals surface area contributed by atoms with Gasteiger partial charge in [0.2, 0.25) is 0 Å². The third-order valence-corrected chi connectivity index (χ3v) is 19.1. The molecule has 104 heavy (non-hydrogen) atoms. The van der Waals surface area contributed by atoms with Crippen LogP contribution in [0, 0.1) is 0 Å². The molecule has 0 aromatic rings.